The van der Waals surface area contributed by atoms with E-state index in [9.17, 15) is 13.2 Å². The maximum Gasteiger partial charge on any atom is 0.263 e. The zero-order valence-electron chi connectivity index (χ0n) is 12.5. The third-order valence-electron chi connectivity index (χ3n) is 3.08. The van der Waals surface area contributed by atoms with Gasteiger partial charge in [0.25, 0.3) is 15.9 Å². The van der Waals surface area contributed by atoms with Crippen LogP contribution >= 0.6 is 22.9 Å². The van der Waals surface area contributed by atoms with Gasteiger partial charge >= 0.3 is 0 Å². The number of anilines is 2. The number of nitrogens with zero attached hydrogens (tertiary/aromatic N) is 2. The van der Waals surface area contributed by atoms with Crippen LogP contribution in [0.15, 0.2) is 59.1 Å². The van der Waals surface area contributed by atoms with E-state index in [0.29, 0.717) is 5.69 Å². The minimum Gasteiger partial charge on any atom is -0.322 e. The van der Waals surface area contributed by atoms with E-state index < -0.39 is 15.9 Å². The first kappa shape index (κ1) is 17.3. The van der Waals surface area contributed by atoms with Crippen LogP contribution in [0.4, 0.5) is 10.8 Å². The van der Waals surface area contributed by atoms with Crippen molar-refractivity contribution >= 4 is 49.7 Å². The number of thiazole rings is 1. The van der Waals surface area contributed by atoms with Gasteiger partial charge in [-0.2, -0.15) is 0 Å². The summed E-state index contributed by atoms with van der Waals surface area (Å²) in [5, 5.41) is 4.67. The summed E-state index contributed by atoms with van der Waals surface area (Å²) in [6, 6.07) is 8.88. The summed E-state index contributed by atoms with van der Waals surface area (Å²) >= 11 is 7.05. The number of sulfonamides is 1. The molecule has 0 atom stereocenters. The molecule has 0 radical (unpaired) electrons. The lowest BCUT2D eigenvalue weighted by atomic mass is 10.2. The average Bonchev–Trinajstić information content (AvgIpc) is 3.08. The molecule has 10 heteroatoms. The molecule has 25 heavy (non-hydrogen) atoms. The van der Waals surface area contributed by atoms with E-state index in [1.807, 2.05) is 0 Å². The van der Waals surface area contributed by atoms with E-state index in [4.69, 9.17) is 11.6 Å². The van der Waals surface area contributed by atoms with Crippen LogP contribution < -0.4 is 10.0 Å². The molecule has 0 bridgehead atoms. The molecule has 3 rings (SSSR count). The molecule has 0 saturated heterocycles. The first-order chi connectivity index (χ1) is 12.0. The molecular weight excluding hydrogens is 384 g/mol. The number of hydrogen-bond acceptors (Lipinski definition) is 6. The van der Waals surface area contributed by atoms with Gasteiger partial charge in [-0.1, -0.05) is 11.6 Å². The number of carbonyl (C=O) groups excluding carboxylic acids is 1. The highest BCUT2D eigenvalue weighted by atomic mass is 35.5. The first-order valence-electron chi connectivity index (χ1n) is 6.90. The van der Waals surface area contributed by atoms with Crippen molar-refractivity contribution < 1.29 is 13.2 Å². The van der Waals surface area contributed by atoms with E-state index in [1.165, 1.54) is 48.0 Å². The Morgan fingerprint density at radius 1 is 1.08 bits per heavy atom. The quantitative estimate of drug-likeness (QED) is 0.647. The lowest BCUT2D eigenvalue weighted by Crippen LogP contribution is -2.14. The molecule has 2 aromatic heterocycles. The predicted octanol–water partition coefficient (Wildman–Crippen LogP) is 3.24. The van der Waals surface area contributed by atoms with Crippen LogP contribution in [0.25, 0.3) is 0 Å². The first-order valence-corrected chi connectivity index (χ1v) is 9.64. The van der Waals surface area contributed by atoms with Crippen LogP contribution in [0.1, 0.15) is 10.4 Å². The average molecular weight is 395 g/mol. The van der Waals surface area contributed by atoms with Crippen molar-refractivity contribution in [2.24, 2.45) is 0 Å². The molecule has 128 valence electrons. The standard InChI is InChI=1S/C15H11ClN4O3S2/c16-13-12(2-1-7-17-13)14(21)19-10-3-5-11(6-4-10)25(22,23)20-15-18-8-9-24-15/h1-9H,(H,18,20)(H,19,21). The second-order valence-corrected chi connectivity index (χ2v) is 7.70. The van der Waals surface area contributed by atoms with Gasteiger partial charge in [0.1, 0.15) is 5.15 Å². The Morgan fingerprint density at radius 2 is 1.84 bits per heavy atom. The molecule has 3 aromatic rings. The molecule has 0 unspecified atom stereocenters. The topological polar surface area (TPSA) is 101 Å². The summed E-state index contributed by atoms with van der Waals surface area (Å²) in [5.74, 6) is -0.436. The molecule has 0 spiro atoms. The molecule has 0 fully saturated rings. The summed E-state index contributed by atoms with van der Waals surface area (Å²) < 4.78 is 26.9. The van der Waals surface area contributed by atoms with Crippen LogP contribution in [0.5, 0.6) is 0 Å². The second kappa shape index (κ2) is 7.18. The van der Waals surface area contributed by atoms with Crippen molar-refractivity contribution in [3.8, 4) is 0 Å². The van der Waals surface area contributed by atoms with Gasteiger partial charge in [0.05, 0.1) is 10.5 Å². The highest BCUT2D eigenvalue weighted by molar-refractivity contribution is 7.93. The molecule has 0 saturated carbocycles. The van der Waals surface area contributed by atoms with Gasteiger partial charge in [-0.25, -0.2) is 18.4 Å². The molecular formula is C15H11ClN4O3S2. The lowest BCUT2D eigenvalue weighted by molar-refractivity contribution is 0.102. The van der Waals surface area contributed by atoms with Gasteiger partial charge in [-0.3, -0.25) is 9.52 Å². The molecule has 2 heterocycles. The van der Waals surface area contributed by atoms with Gasteiger partial charge in [0.15, 0.2) is 5.13 Å². The molecule has 1 aromatic carbocycles. The third kappa shape index (κ3) is 4.13. The zero-order valence-corrected chi connectivity index (χ0v) is 14.9. The smallest absolute Gasteiger partial charge is 0.263 e. The Morgan fingerprint density at radius 3 is 2.48 bits per heavy atom. The molecule has 0 aliphatic rings. The predicted molar refractivity (Wildman–Crippen MR) is 96.6 cm³/mol. The lowest BCUT2D eigenvalue weighted by Gasteiger charge is -2.08. The summed E-state index contributed by atoms with van der Waals surface area (Å²) in [6.07, 6.45) is 2.99. The van der Waals surface area contributed by atoms with Gasteiger partial charge in [-0.05, 0) is 36.4 Å². The van der Waals surface area contributed by atoms with Gasteiger partial charge in [-0.15, -0.1) is 11.3 Å². The minimum atomic E-state index is -3.73. The van der Waals surface area contributed by atoms with E-state index in [2.05, 4.69) is 20.0 Å². The van der Waals surface area contributed by atoms with Crippen LogP contribution in [0.3, 0.4) is 0 Å². The van der Waals surface area contributed by atoms with Crippen LogP contribution in [0, 0.1) is 0 Å². The number of carbonyl (C=O) groups is 1. The maximum absolute atomic E-state index is 12.2. The fourth-order valence-electron chi connectivity index (χ4n) is 1.92. The van der Waals surface area contributed by atoms with Crippen molar-refractivity contribution in [3.63, 3.8) is 0 Å². The van der Waals surface area contributed by atoms with Crippen LogP contribution in [0.2, 0.25) is 5.15 Å². The summed E-state index contributed by atoms with van der Waals surface area (Å²) in [6.45, 7) is 0. The number of nitrogens with one attached hydrogen (secondary N) is 2. The third-order valence-corrected chi connectivity index (χ3v) is 5.55. The van der Waals surface area contributed by atoms with Crippen molar-refractivity contribution in [1.82, 2.24) is 9.97 Å². The fourth-order valence-corrected chi connectivity index (χ4v) is 3.91. The largest absolute Gasteiger partial charge is 0.322 e. The molecule has 0 aliphatic carbocycles. The van der Waals surface area contributed by atoms with Crippen molar-refractivity contribution in [3.05, 3.63) is 64.9 Å². The Bertz CT molecular complexity index is 990. The number of hydrogen-bond donors (Lipinski definition) is 2. The van der Waals surface area contributed by atoms with E-state index in [-0.39, 0.29) is 20.7 Å². The molecule has 0 aliphatic heterocycles. The highest BCUT2D eigenvalue weighted by Crippen LogP contribution is 2.20. The summed E-state index contributed by atoms with van der Waals surface area (Å²) in [7, 11) is -3.73. The maximum atomic E-state index is 12.2. The number of halogens is 1. The van der Waals surface area contributed by atoms with Crippen molar-refractivity contribution in [2.45, 2.75) is 4.90 Å². The Labute approximate surface area is 152 Å². The normalized spacial score (nSPS) is 11.1. The Hall–Kier alpha value is -2.49. The number of benzene rings is 1. The van der Waals surface area contributed by atoms with Crippen molar-refractivity contribution in [1.29, 1.82) is 0 Å². The molecule has 2 N–H and O–H groups in total. The van der Waals surface area contributed by atoms with Gasteiger partial charge in [0.2, 0.25) is 0 Å². The summed E-state index contributed by atoms with van der Waals surface area (Å²) in [4.78, 5) is 19.9. The van der Waals surface area contributed by atoms with E-state index >= 15 is 0 Å². The fraction of sp³-hybridized carbons (Fsp3) is 0. The molecule has 7 nitrogen and oxygen atoms in total. The van der Waals surface area contributed by atoms with Crippen LogP contribution in [-0.4, -0.2) is 24.3 Å². The SMILES string of the molecule is O=C(Nc1ccc(S(=O)(=O)Nc2nccs2)cc1)c1cccnc1Cl. The second-order valence-electron chi connectivity index (χ2n) is 4.76. The number of pyridine rings is 1. The minimum absolute atomic E-state index is 0.0557. The Kier molecular flexibility index (Phi) is 4.98. The van der Waals surface area contributed by atoms with Gasteiger partial charge in [0, 0.05) is 23.5 Å². The number of rotatable bonds is 5. The monoisotopic (exact) mass is 394 g/mol. The zero-order chi connectivity index (χ0) is 17.9. The molecule has 1 amide bonds. The Balaban J connectivity index is 1.74. The van der Waals surface area contributed by atoms with E-state index in [1.54, 1.807) is 17.5 Å². The van der Waals surface area contributed by atoms with E-state index in [0.717, 1.165) is 0 Å². The van der Waals surface area contributed by atoms with Gasteiger partial charge < -0.3 is 5.32 Å². The number of amides is 1. The highest BCUT2D eigenvalue weighted by Gasteiger charge is 2.16. The number of aromatic nitrogens is 2. The van der Waals surface area contributed by atoms with Crippen LogP contribution in [-0.2, 0) is 10.0 Å². The van der Waals surface area contributed by atoms with Crippen molar-refractivity contribution in [2.75, 3.05) is 10.0 Å². The summed E-state index contributed by atoms with van der Waals surface area (Å²) in [5.41, 5.74) is 0.657.